The molecule has 19 heavy (non-hydrogen) atoms. The SMILES string of the molecule is Nc1nnc(-c2ccc(Oc3ccccc3)cc2)s1. The summed E-state index contributed by atoms with van der Waals surface area (Å²) in [6, 6.07) is 17.4. The van der Waals surface area contributed by atoms with E-state index in [4.69, 9.17) is 10.5 Å². The number of hydrogen-bond acceptors (Lipinski definition) is 5. The third-order valence-corrected chi connectivity index (χ3v) is 3.32. The standard InChI is InChI=1S/C14H11N3OS/c15-14-17-16-13(19-14)10-6-8-12(9-7-10)18-11-4-2-1-3-5-11/h1-9H,(H2,15,17). The summed E-state index contributed by atoms with van der Waals surface area (Å²) >= 11 is 1.37. The summed E-state index contributed by atoms with van der Waals surface area (Å²) in [5.74, 6) is 1.60. The molecule has 1 heterocycles. The first-order valence-corrected chi connectivity index (χ1v) is 6.55. The Morgan fingerprint density at radius 2 is 1.53 bits per heavy atom. The number of hydrogen-bond donors (Lipinski definition) is 1. The lowest BCUT2D eigenvalue weighted by molar-refractivity contribution is 0.483. The predicted molar refractivity (Wildman–Crippen MR) is 76.3 cm³/mol. The van der Waals surface area contributed by atoms with E-state index in [9.17, 15) is 0 Å². The predicted octanol–water partition coefficient (Wildman–Crippen LogP) is 3.58. The van der Waals surface area contributed by atoms with Crippen LogP contribution in [0.15, 0.2) is 54.6 Å². The first-order chi connectivity index (χ1) is 9.31. The molecule has 4 nitrogen and oxygen atoms in total. The molecule has 0 aliphatic heterocycles. The molecule has 1 aromatic heterocycles. The highest BCUT2D eigenvalue weighted by molar-refractivity contribution is 7.18. The minimum atomic E-state index is 0.472. The smallest absolute Gasteiger partial charge is 0.203 e. The summed E-state index contributed by atoms with van der Waals surface area (Å²) in [4.78, 5) is 0. The Morgan fingerprint density at radius 1 is 0.842 bits per heavy atom. The molecule has 0 bridgehead atoms. The van der Waals surface area contributed by atoms with Crippen LogP contribution in [-0.4, -0.2) is 10.2 Å². The van der Waals surface area contributed by atoms with Crippen molar-refractivity contribution in [2.24, 2.45) is 0 Å². The minimum Gasteiger partial charge on any atom is -0.457 e. The summed E-state index contributed by atoms with van der Waals surface area (Å²) < 4.78 is 5.72. The number of anilines is 1. The molecule has 0 spiro atoms. The highest BCUT2D eigenvalue weighted by atomic mass is 32.1. The maximum Gasteiger partial charge on any atom is 0.203 e. The number of nitrogen functional groups attached to an aromatic ring is 1. The van der Waals surface area contributed by atoms with Gasteiger partial charge in [0.25, 0.3) is 0 Å². The molecule has 0 aliphatic carbocycles. The molecule has 0 radical (unpaired) electrons. The molecule has 3 aromatic rings. The lowest BCUT2D eigenvalue weighted by atomic mass is 10.2. The van der Waals surface area contributed by atoms with Gasteiger partial charge < -0.3 is 10.5 Å². The topological polar surface area (TPSA) is 61.0 Å². The van der Waals surface area contributed by atoms with Crippen LogP contribution in [0.3, 0.4) is 0 Å². The van der Waals surface area contributed by atoms with Gasteiger partial charge in [-0.05, 0) is 36.4 Å². The van der Waals surface area contributed by atoms with Crippen LogP contribution in [0.4, 0.5) is 5.13 Å². The van der Waals surface area contributed by atoms with Gasteiger partial charge in [-0.3, -0.25) is 0 Å². The van der Waals surface area contributed by atoms with Gasteiger partial charge in [-0.15, -0.1) is 10.2 Å². The normalized spacial score (nSPS) is 10.3. The first kappa shape index (κ1) is 11.7. The van der Waals surface area contributed by atoms with E-state index in [1.807, 2.05) is 54.6 Å². The zero-order valence-corrected chi connectivity index (χ0v) is 10.8. The average molecular weight is 269 g/mol. The van der Waals surface area contributed by atoms with Crippen molar-refractivity contribution in [3.63, 3.8) is 0 Å². The molecule has 0 aliphatic rings. The van der Waals surface area contributed by atoms with Crippen molar-refractivity contribution in [1.82, 2.24) is 10.2 Å². The largest absolute Gasteiger partial charge is 0.457 e. The van der Waals surface area contributed by atoms with Gasteiger partial charge in [0.15, 0.2) is 0 Å². The summed E-state index contributed by atoms with van der Waals surface area (Å²) in [5, 5.41) is 9.08. The van der Waals surface area contributed by atoms with Crippen molar-refractivity contribution >= 4 is 16.5 Å². The van der Waals surface area contributed by atoms with Crippen molar-refractivity contribution in [3.05, 3.63) is 54.6 Å². The number of aromatic nitrogens is 2. The maximum atomic E-state index is 5.72. The Bertz CT molecular complexity index is 665. The van der Waals surface area contributed by atoms with Crippen molar-refractivity contribution in [1.29, 1.82) is 0 Å². The molecule has 0 atom stereocenters. The Balaban J connectivity index is 1.79. The number of benzene rings is 2. The fourth-order valence-electron chi connectivity index (χ4n) is 1.64. The molecule has 2 aromatic carbocycles. The number of ether oxygens (including phenoxy) is 1. The second kappa shape index (κ2) is 5.07. The zero-order valence-electron chi connectivity index (χ0n) is 9.98. The Morgan fingerprint density at radius 3 is 2.16 bits per heavy atom. The summed E-state index contributed by atoms with van der Waals surface area (Å²) in [6.45, 7) is 0. The van der Waals surface area contributed by atoms with Crippen LogP contribution in [0, 0.1) is 0 Å². The first-order valence-electron chi connectivity index (χ1n) is 5.73. The quantitative estimate of drug-likeness (QED) is 0.789. The monoisotopic (exact) mass is 269 g/mol. The summed E-state index contributed by atoms with van der Waals surface area (Å²) in [5.41, 5.74) is 6.55. The molecule has 94 valence electrons. The van der Waals surface area contributed by atoms with E-state index in [1.54, 1.807) is 0 Å². The lowest BCUT2D eigenvalue weighted by Gasteiger charge is -2.05. The van der Waals surface area contributed by atoms with E-state index in [2.05, 4.69) is 10.2 Å². The van der Waals surface area contributed by atoms with Gasteiger partial charge in [0, 0.05) is 5.56 Å². The minimum absolute atomic E-state index is 0.472. The Kier molecular flexibility index (Phi) is 3.12. The molecular formula is C14H11N3OS. The molecule has 0 fully saturated rings. The van der Waals surface area contributed by atoms with Gasteiger partial charge in [0.2, 0.25) is 5.13 Å². The van der Waals surface area contributed by atoms with Crippen molar-refractivity contribution < 1.29 is 4.74 Å². The van der Waals surface area contributed by atoms with Crippen molar-refractivity contribution in [3.8, 4) is 22.1 Å². The van der Waals surface area contributed by atoms with E-state index >= 15 is 0 Å². The van der Waals surface area contributed by atoms with Gasteiger partial charge in [0.05, 0.1) is 0 Å². The molecule has 0 amide bonds. The van der Waals surface area contributed by atoms with Crippen LogP contribution in [-0.2, 0) is 0 Å². The van der Waals surface area contributed by atoms with Gasteiger partial charge in [-0.25, -0.2) is 0 Å². The van der Waals surface area contributed by atoms with Gasteiger partial charge in [0.1, 0.15) is 16.5 Å². The third-order valence-electron chi connectivity index (χ3n) is 2.52. The molecule has 2 N–H and O–H groups in total. The highest BCUT2D eigenvalue weighted by Gasteiger charge is 2.04. The molecule has 0 saturated heterocycles. The number of nitrogens with zero attached hydrogens (tertiary/aromatic N) is 2. The van der Waals surface area contributed by atoms with Crippen molar-refractivity contribution in [2.45, 2.75) is 0 Å². The lowest BCUT2D eigenvalue weighted by Crippen LogP contribution is -1.84. The summed E-state index contributed by atoms with van der Waals surface area (Å²) in [6.07, 6.45) is 0. The number of para-hydroxylation sites is 1. The molecule has 5 heteroatoms. The van der Waals surface area contributed by atoms with E-state index in [0.29, 0.717) is 5.13 Å². The van der Waals surface area contributed by atoms with E-state index in [-0.39, 0.29) is 0 Å². The van der Waals surface area contributed by atoms with E-state index in [0.717, 1.165) is 22.1 Å². The van der Waals surface area contributed by atoms with Crippen LogP contribution in [0.25, 0.3) is 10.6 Å². The molecule has 0 saturated carbocycles. The summed E-state index contributed by atoms with van der Waals surface area (Å²) in [7, 11) is 0. The number of nitrogens with two attached hydrogens (primary N) is 1. The molecule has 3 rings (SSSR count). The highest BCUT2D eigenvalue weighted by Crippen LogP contribution is 2.28. The van der Waals surface area contributed by atoms with Crippen LogP contribution in [0.2, 0.25) is 0 Å². The van der Waals surface area contributed by atoms with Gasteiger partial charge in [-0.2, -0.15) is 0 Å². The third kappa shape index (κ3) is 2.71. The maximum absolute atomic E-state index is 5.72. The van der Waals surface area contributed by atoms with Crippen molar-refractivity contribution in [2.75, 3.05) is 5.73 Å². The Hall–Kier alpha value is -2.40. The second-order valence-corrected chi connectivity index (χ2v) is 4.89. The fraction of sp³-hybridized carbons (Fsp3) is 0. The van der Waals surface area contributed by atoms with E-state index < -0.39 is 0 Å². The zero-order chi connectivity index (χ0) is 13.1. The molecule has 0 unspecified atom stereocenters. The van der Waals surface area contributed by atoms with E-state index in [1.165, 1.54) is 11.3 Å². The average Bonchev–Trinajstić information content (AvgIpc) is 2.87. The van der Waals surface area contributed by atoms with Crippen LogP contribution < -0.4 is 10.5 Å². The van der Waals surface area contributed by atoms with Crippen LogP contribution in [0.1, 0.15) is 0 Å². The number of rotatable bonds is 3. The second-order valence-electron chi connectivity index (χ2n) is 3.88. The van der Waals surface area contributed by atoms with Crippen LogP contribution >= 0.6 is 11.3 Å². The Labute approximate surface area is 114 Å². The van der Waals surface area contributed by atoms with Gasteiger partial charge in [-0.1, -0.05) is 29.5 Å². The molecular weight excluding hydrogens is 258 g/mol. The van der Waals surface area contributed by atoms with Gasteiger partial charge >= 0.3 is 0 Å². The van der Waals surface area contributed by atoms with Crippen LogP contribution in [0.5, 0.6) is 11.5 Å². The fourth-order valence-corrected chi connectivity index (χ4v) is 2.26.